The molecule has 92 valence electrons. The van der Waals surface area contributed by atoms with E-state index in [4.69, 9.17) is 4.74 Å². The number of likely N-dealkylation sites (N-methyl/N-ethyl adjacent to an activating group) is 1. The molecule has 0 aromatic carbocycles. The Kier molecular flexibility index (Phi) is 5.45. The Hall–Kier alpha value is -0.910. The van der Waals surface area contributed by atoms with Crippen LogP contribution in [0.1, 0.15) is 6.92 Å². The number of hydrogen-bond acceptors (Lipinski definition) is 4. The molecule has 1 fully saturated rings. The third-order valence-corrected chi connectivity index (χ3v) is 2.69. The zero-order chi connectivity index (χ0) is 12.0. The highest BCUT2D eigenvalue weighted by Gasteiger charge is 2.31. The maximum Gasteiger partial charge on any atom is 0.234 e. The summed E-state index contributed by atoms with van der Waals surface area (Å²) in [6.45, 7) is 7.82. The average Bonchev–Trinajstić information content (AvgIpc) is 2.69. The minimum Gasteiger partial charge on any atom is -0.389 e. The van der Waals surface area contributed by atoms with Crippen molar-refractivity contribution >= 4 is 5.91 Å². The third kappa shape index (κ3) is 3.59. The second-order valence-electron chi connectivity index (χ2n) is 3.83. The molecule has 1 amide bonds. The van der Waals surface area contributed by atoms with Crippen LogP contribution in [0.15, 0.2) is 12.7 Å². The summed E-state index contributed by atoms with van der Waals surface area (Å²) < 4.78 is 5.18. The second-order valence-corrected chi connectivity index (χ2v) is 3.83. The Morgan fingerprint density at radius 3 is 2.94 bits per heavy atom. The van der Waals surface area contributed by atoms with Crippen LogP contribution in [0.2, 0.25) is 0 Å². The maximum atomic E-state index is 11.5. The molecule has 0 saturated carbocycles. The first kappa shape index (κ1) is 13.2. The van der Waals surface area contributed by atoms with Crippen LogP contribution in [0.4, 0.5) is 0 Å². The van der Waals surface area contributed by atoms with Crippen molar-refractivity contribution in [1.29, 1.82) is 0 Å². The van der Waals surface area contributed by atoms with Gasteiger partial charge in [-0.15, -0.1) is 6.58 Å². The lowest BCUT2D eigenvalue weighted by Crippen LogP contribution is -2.47. The second kappa shape index (κ2) is 6.62. The van der Waals surface area contributed by atoms with Gasteiger partial charge in [0.05, 0.1) is 31.9 Å². The van der Waals surface area contributed by atoms with Crippen LogP contribution in [0.5, 0.6) is 0 Å². The van der Waals surface area contributed by atoms with Gasteiger partial charge >= 0.3 is 0 Å². The van der Waals surface area contributed by atoms with Gasteiger partial charge in [-0.05, 0) is 6.54 Å². The van der Waals surface area contributed by atoms with E-state index in [2.05, 4.69) is 11.9 Å². The van der Waals surface area contributed by atoms with Crippen molar-refractivity contribution in [2.24, 2.45) is 0 Å². The highest BCUT2D eigenvalue weighted by Crippen LogP contribution is 2.12. The summed E-state index contributed by atoms with van der Waals surface area (Å²) >= 11 is 0. The lowest BCUT2D eigenvalue weighted by molar-refractivity contribution is -0.122. The molecule has 5 nitrogen and oxygen atoms in total. The monoisotopic (exact) mass is 228 g/mol. The van der Waals surface area contributed by atoms with Crippen LogP contribution in [-0.4, -0.2) is 60.9 Å². The average molecular weight is 228 g/mol. The minimum atomic E-state index is -0.493. The largest absolute Gasteiger partial charge is 0.389 e. The number of aliphatic hydroxyl groups is 1. The van der Waals surface area contributed by atoms with Gasteiger partial charge in [0.2, 0.25) is 5.91 Å². The quantitative estimate of drug-likeness (QED) is 0.594. The first-order chi connectivity index (χ1) is 7.69. The van der Waals surface area contributed by atoms with Crippen molar-refractivity contribution in [2.45, 2.75) is 19.1 Å². The van der Waals surface area contributed by atoms with E-state index in [0.29, 0.717) is 26.3 Å². The van der Waals surface area contributed by atoms with Gasteiger partial charge in [0.15, 0.2) is 0 Å². The fraction of sp³-hybridized carbons (Fsp3) is 0.727. The molecular weight excluding hydrogens is 208 g/mol. The number of carbonyl (C=O) groups is 1. The van der Waals surface area contributed by atoms with Gasteiger partial charge in [-0.3, -0.25) is 9.69 Å². The fourth-order valence-electron chi connectivity index (χ4n) is 1.77. The smallest absolute Gasteiger partial charge is 0.234 e. The molecular formula is C11H20N2O3. The molecule has 1 aliphatic heterocycles. The number of nitrogens with one attached hydrogen (secondary N) is 1. The summed E-state index contributed by atoms with van der Waals surface area (Å²) in [5, 5.41) is 12.4. The summed E-state index contributed by atoms with van der Waals surface area (Å²) in [6, 6.07) is -0.0699. The molecule has 1 rings (SSSR count). The Morgan fingerprint density at radius 2 is 2.44 bits per heavy atom. The molecule has 0 aliphatic carbocycles. The zero-order valence-electron chi connectivity index (χ0n) is 9.69. The molecule has 0 spiro atoms. The standard InChI is InChI=1S/C11H20N2O3/c1-3-5-12-11(15)6-13(4-2)9-7-16-8-10(9)14/h3,9-10,14H,1,4-8H2,2H3,(H,12,15)/t9-,10-/m0/s1. The molecule has 1 aliphatic rings. The fourth-order valence-corrected chi connectivity index (χ4v) is 1.77. The Bertz CT molecular complexity index is 245. The first-order valence-corrected chi connectivity index (χ1v) is 5.56. The van der Waals surface area contributed by atoms with E-state index in [9.17, 15) is 9.90 Å². The van der Waals surface area contributed by atoms with E-state index in [1.165, 1.54) is 0 Å². The van der Waals surface area contributed by atoms with Crippen molar-refractivity contribution in [3.63, 3.8) is 0 Å². The molecule has 2 N–H and O–H groups in total. The Labute approximate surface area is 96.1 Å². The Balaban J connectivity index is 2.41. The van der Waals surface area contributed by atoms with Crippen LogP contribution in [-0.2, 0) is 9.53 Å². The number of carbonyl (C=O) groups excluding carboxylic acids is 1. The predicted octanol–water partition coefficient (Wildman–Crippen LogP) is -0.630. The van der Waals surface area contributed by atoms with Crippen molar-refractivity contribution in [2.75, 3.05) is 32.8 Å². The molecule has 0 aromatic rings. The van der Waals surface area contributed by atoms with Crippen LogP contribution in [0, 0.1) is 0 Å². The van der Waals surface area contributed by atoms with Crippen molar-refractivity contribution in [3.05, 3.63) is 12.7 Å². The van der Waals surface area contributed by atoms with Gasteiger partial charge in [0, 0.05) is 6.54 Å². The highest BCUT2D eigenvalue weighted by atomic mass is 16.5. The number of hydrogen-bond donors (Lipinski definition) is 2. The number of ether oxygens (including phenoxy) is 1. The number of aliphatic hydroxyl groups excluding tert-OH is 1. The van der Waals surface area contributed by atoms with Crippen LogP contribution in [0.3, 0.4) is 0 Å². The summed E-state index contributed by atoms with van der Waals surface area (Å²) in [4.78, 5) is 13.4. The van der Waals surface area contributed by atoms with Gasteiger partial charge in [0.1, 0.15) is 0 Å². The summed E-state index contributed by atoms with van der Waals surface area (Å²) in [5.41, 5.74) is 0. The maximum absolute atomic E-state index is 11.5. The highest BCUT2D eigenvalue weighted by molar-refractivity contribution is 5.78. The SMILES string of the molecule is C=CCNC(=O)CN(CC)[C@H]1COC[C@@H]1O. The van der Waals surface area contributed by atoms with E-state index in [1.54, 1.807) is 6.08 Å². The molecule has 2 atom stereocenters. The summed E-state index contributed by atoms with van der Waals surface area (Å²) in [5.74, 6) is -0.0548. The van der Waals surface area contributed by atoms with E-state index >= 15 is 0 Å². The van der Waals surface area contributed by atoms with Crippen molar-refractivity contribution in [3.8, 4) is 0 Å². The molecule has 0 unspecified atom stereocenters. The van der Waals surface area contributed by atoms with Crippen LogP contribution in [0.25, 0.3) is 0 Å². The van der Waals surface area contributed by atoms with E-state index in [-0.39, 0.29) is 18.5 Å². The van der Waals surface area contributed by atoms with Crippen molar-refractivity contribution < 1.29 is 14.6 Å². The van der Waals surface area contributed by atoms with E-state index < -0.39 is 6.10 Å². The van der Waals surface area contributed by atoms with Crippen molar-refractivity contribution in [1.82, 2.24) is 10.2 Å². The van der Waals surface area contributed by atoms with Gasteiger partial charge in [-0.1, -0.05) is 13.0 Å². The summed E-state index contributed by atoms with van der Waals surface area (Å²) in [7, 11) is 0. The van der Waals surface area contributed by atoms with Crippen LogP contribution >= 0.6 is 0 Å². The lowest BCUT2D eigenvalue weighted by Gasteiger charge is -2.27. The van der Waals surface area contributed by atoms with Gasteiger partial charge in [0.25, 0.3) is 0 Å². The first-order valence-electron chi connectivity index (χ1n) is 5.56. The normalized spacial score (nSPS) is 24.7. The molecule has 16 heavy (non-hydrogen) atoms. The number of nitrogens with zero attached hydrogens (tertiary/aromatic N) is 1. The van der Waals surface area contributed by atoms with E-state index in [1.807, 2.05) is 11.8 Å². The van der Waals surface area contributed by atoms with Gasteiger partial charge in [-0.2, -0.15) is 0 Å². The number of amides is 1. The number of rotatable bonds is 6. The third-order valence-electron chi connectivity index (χ3n) is 2.69. The van der Waals surface area contributed by atoms with Crippen LogP contribution < -0.4 is 5.32 Å². The topological polar surface area (TPSA) is 61.8 Å². The summed E-state index contributed by atoms with van der Waals surface area (Å²) in [6.07, 6.45) is 1.15. The molecule has 1 heterocycles. The lowest BCUT2D eigenvalue weighted by atomic mass is 10.2. The predicted molar refractivity (Wildman–Crippen MR) is 61.1 cm³/mol. The Morgan fingerprint density at radius 1 is 1.69 bits per heavy atom. The minimum absolute atomic E-state index is 0.0548. The zero-order valence-corrected chi connectivity index (χ0v) is 9.69. The molecule has 1 saturated heterocycles. The molecule has 0 bridgehead atoms. The van der Waals surface area contributed by atoms with Gasteiger partial charge < -0.3 is 15.2 Å². The molecule has 0 radical (unpaired) electrons. The molecule has 0 aromatic heterocycles. The molecule has 5 heteroatoms. The van der Waals surface area contributed by atoms with E-state index in [0.717, 1.165) is 0 Å². The van der Waals surface area contributed by atoms with Gasteiger partial charge in [-0.25, -0.2) is 0 Å².